The second-order valence-corrected chi connectivity index (χ2v) is 19.5. The molecule has 0 fully saturated rings. The van der Waals surface area contributed by atoms with E-state index in [4.69, 9.17) is 14.2 Å². The Balaban J connectivity index is 4.27. The van der Waals surface area contributed by atoms with Crippen LogP contribution in [0.25, 0.3) is 0 Å². The maximum absolute atomic E-state index is 12.9. The molecule has 6 heteroatoms. The molecule has 0 N–H and O–H groups in total. The molecule has 6 nitrogen and oxygen atoms in total. The minimum Gasteiger partial charge on any atom is -0.462 e. The van der Waals surface area contributed by atoms with Gasteiger partial charge in [-0.25, -0.2) is 0 Å². The number of allylic oxidation sites excluding steroid dienone is 16. The quantitative estimate of drug-likeness (QED) is 0.0261. The van der Waals surface area contributed by atoms with Crippen molar-refractivity contribution in [1.82, 2.24) is 0 Å². The Morgan fingerprint density at radius 2 is 0.549 bits per heavy atom. The molecular weight excluding hydrogens is 877 g/mol. The first-order chi connectivity index (χ1) is 35.0. The third kappa shape index (κ3) is 57.1. The van der Waals surface area contributed by atoms with Gasteiger partial charge in [-0.05, 0) is 96.3 Å². The van der Waals surface area contributed by atoms with E-state index < -0.39 is 6.10 Å². The second kappa shape index (κ2) is 58.9. The van der Waals surface area contributed by atoms with E-state index >= 15 is 0 Å². The van der Waals surface area contributed by atoms with Crippen molar-refractivity contribution >= 4 is 17.9 Å². The molecule has 0 aromatic rings. The van der Waals surface area contributed by atoms with Crippen LogP contribution in [0.2, 0.25) is 0 Å². The summed E-state index contributed by atoms with van der Waals surface area (Å²) in [4.78, 5) is 38.1. The van der Waals surface area contributed by atoms with E-state index in [0.29, 0.717) is 19.3 Å². The van der Waals surface area contributed by atoms with E-state index in [1.54, 1.807) is 0 Å². The van der Waals surface area contributed by atoms with Crippen LogP contribution in [-0.4, -0.2) is 37.2 Å². The van der Waals surface area contributed by atoms with E-state index in [1.807, 2.05) is 0 Å². The van der Waals surface area contributed by atoms with Crippen LogP contribution in [0.1, 0.15) is 278 Å². The Morgan fingerprint density at radius 1 is 0.296 bits per heavy atom. The molecule has 0 aliphatic heterocycles. The van der Waals surface area contributed by atoms with Crippen molar-refractivity contribution < 1.29 is 28.6 Å². The molecule has 0 amide bonds. The SMILES string of the molecule is CC/C=C\C/C=C\C/C=C\C/C=C\CCCCCCCCCCCCC(=O)OCC(COC(=O)CCCCCCCCCCC)OC(=O)CCCCCCCCCC/C=C\C/C=C\C/C=C\C/C=C\CC. The fourth-order valence-corrected chi connectivity index (χ4v) is 8.19. The van der Waals surface area contributed by atoms with E-state index in [-0.39, 0.29) is 31.1 Å². The maximum atomic E-state index is 12.9. The van der Waals surface area contributed by atoms with Crippen LogP contribution in [0, 0.1) is 0 Å². The van der Waals surface area contributed by atoms with Crippen LogP contribution in [0.3, 0.4) is 0 Å². The summed E-state index contributed by atoms with van der Waals surface area (Å²) >= 11 is 0. The van der Waals surface area contributed by atoms with Gasteiger partial charge in [0.2, 0.25) is 0 Å². The predicted molar refractivity (Wildman–Crippen MR) is 307 cm³/mol. The van der Waals surface area contributed by atoms with Gasteiger partial charge in [-0.15, -0.1) is 0 Å². The van der Waals surface area contributed by atoms with Crippen LogP contribution in [0.15, 0.2) is 97.2 Å². The molecule has 0 aromatic heterocycles. The van der Waals surface area contributed by atoms with Crippen molar-refractivity contribution in [3.05, 3.63) is 97.2 Å². The molecule has 0 heterocycles. The number of rotatable bonds is 53. The third-order valence-corrected chi connectivity index (χ3v) is 12.6. The molecule has 1 atom stereocenters. The van der Waals surface area contributed by atoms with Gasteiger partial charge in [-0.2, -0.15) is 0 Å². The van der Waals surface area contributed by atoms with Crippen LogP contribution >= 0.6 is 0 Å². The summed E-state index contributed by atoms with van der Waals surface area (Å²) < 4.78 is 16.8. The van der Waals surface area contributed by atoms with Gasteiger partial charge in [0.15, 0.2) is 6.10 Å². The minimum absolute atomic E-state index is 0.0805. The first-order valence-corrected chi connectivity index (χ1v) is 29.7. The summed E-state index contributed by atoms with van der Waals surface area (Å²) in [6.45, 7) is 6.40. The van der Waals surface area contributed by atoms with Crippen LogP contribution in [0.4, 0.5) is 0 Å². The zero-order chi connectivity index (χ0) is 51.4. The van der Waals surface area contributed by atoms with Gasteiger partial charge in [0.25, 0.3) is 0 Å². The fourth-order valence-electron chi connectivity index (χ4n) is 8.19. The van der Waals surface area contributed by atoms with Gasteiger partial charge in [-0.1, -0.05) is 259 Å². The van der Waals surface area contributed by atoms with Crippen LogP contribution < -0.4 is 0 Å². The molecule has 1 unspecified atom stereocenters. The summed E-state index contributed by atoms with van der Waals surface area (Å²) in [6.07, 6.45) is 78.4. The van der Waals surface area contributed by atoms with Gasteiger partial charge in [0.05, 0.1) is 0 Å². The molecule has 0 saturated carbocycles. The number of ether oxygens (including phenoxy) is 3. The lowest BCUT2D eigenvalue weighted by Gasteiger charge is -2.18. The standard InChI is InChI=1S/C65H110O6/c1-4-7-10-13-16-19-21-23-25-27-29-31-32-34-35-37-39-41-43-46-49-52-55-58-64(67)70-61-62(60-69-63(66)57-54-51-48-45-18-15-12-9-6-3)71-65(68)59-56-53-50-47-44-42-40-38-36-33-30-28-26-24-22-20-17-14-11-8-5-2/h7-8,10-11,16-17,19-20,23-26,29-31,33,62H,4-6,9,12-15,18,21-22,27-28,32,34-61H2,1-3H3/b10-7-,11-8-,19-16-,20-17-,25-23-,26-24-,31-29-,33-30-. The van der Waals surface area contributed by atoms with Gasteiger partial charge in [0, 0.05) is 19.3 Å². The smallest absolute Gasteiger partial charge is 0.306 e. The van der Waals surface area contributed by atoms with Crippen molar-refractivity contribution in [3.63, 3.8) is 0 Å². The molecule has 0 rings (SSSR count). The molecule has 0 radical (unpaired) electrons. The second-order valence-electron chi connectivity index (χ2n) is 19.5. The summed E-state index contributed by atoms with van der Waals surface area (Å²) in [5.41, 5.74) is 0. The van der Waals surface area contributed by atoms with Crippen molar-refractivity contribution in [2.24, 2.45) is 0 Å². The normalized spacial score (nSPS) is 12.8. The number of carbonyl (C=O) groups is 3. The van der Waals surface area contributed by atoms with E-state index in [9.17, 15) is 14.4 Å². The zero-order valence-corrected chi connectivity index (χ0v) is 46.5. The molecule has 406 valence electrons. The Morgan fingerprint density at radius 3 is 0.859 bits per heavy atom. The molecule has 0 aliphatic rings. The highest BCUT2D eigenvalue weighted by molar-refractivity contribution is 5.71. The Kier molecular flexibility index (Phi) is 55.9. The first-order valence-electron chi connectivity index (χ1n) is 29.7. The van der Waals surface area contributed by atoms with Gasteiger partial charge >= 0.3 is 17.9 Å². The Hall–Kier alpha value is -3.67. The van der Waals surface area contributed by atoms with Crippen LogP contribution in [-0.2, 0) is 28.6 Å². The number of esters is 3. The number of carbonyl (C=O) groups excluding carboxylic acids is 3. The van der Waals surface area contributed by atoms with Crippen molar-refractivity contribution in [2.75, 3.05) is 13.2 Å². The highest BCUT2D eigenvalue weighted by atomic mass is 16.6. The fraction of sp³-hybridized carbons (Fsp3) is 0.708. The predicted octanol–water partition coefficient (Wildman–Crippen LogP) is 20.1. The number of unbranched alkanes of at least 4 members (excludes halogenated alkanes) is 26. The highest BCUT2D eigenvalue weighted by Gasteiger charge is 2.19. The molecule has 71 heavy (non-hydrogen) atoms. The van der Waals surface area contributed by atoms with Gasteiger partial charge in [0.1, 0.15) is 13.2 Å². The highest BCUT2D eigenvalue weighted by Crippen LogP contribution is 2.16. The van der Waals surface area contributed by atoms with Crippen molar-refractivity contribution in [2.45, 2.75) is 284 Å². The number of hydrogen-bond donors (Lipinski definition) is 0. The number of hydrogen-bond acceptors (Lipinski definition) is 6. The minimum atomic E-state index is -0.782. The van der Waals surface area contributed by atoms with Crippen molar-refractivity contribution in [3.8, 4) is 0 Å². The monoisotopic (exact) mass is 987 g/mol. The average Bonchev–Trinajstić information content (AvgIpc) is 3.37. The lowest BCUT2D eigenvalue weighted by molar-refractivity contribution is -0.167. The lowest BCUT2D eigenvalue weighted by atomic mass is 10.1. The Labute approximate surface area is 438 Å². The summed E-state index contributed by atoms with van der Waals surface area (Å²) in [5, 5.41) is 0. The van der Waals surface area contributed by atoms with Crippen LogP contribution in [0.5, 0.6) is 0 Å². The van der Waals surface area contributed by atoms with E-state index in [0.717, 1.165) is 116 Å². The molecule has 0 spiro atoms. The average molecular weight is 988 g/mol. The van der Waals surface area contributed by atoms with E-state index in [1.165, 1.54) is 122 Å². The zero-order valence-electron chi connectivity index (χ0n) is 46.5. The van der Waals surface area contributed by atoms with Crippen molar-refractivity contribution in [1.29, 1.82) is 0 Å². The Bertz CT molecular complexity index is 1410. The summed E-state index contributed by atoms with van der Waals surface area (Å²) in [5.74, 6) is -0.890. The van der Waals surface area contributed by atoms with E-state index in [2.05, 4.69) is 118 Å². The molecule has 0 aliphatic carbocycles. The topological polar surface area (TPSA) is 78.9 Å². The van der Waals surface area contributed by atoms with Gasteiger partial charge in [-0.3, -0.25) is 14.4 Å². The largest absolute Gasteiger partial charge is 0.462 e. The summed E-state index contributed by atoms with van der Waals surface area (Å²) in [7, 11) is 0. The molecule has 0 saturated heterocycles. The lowest BCUT2D eigenvalue weighted by Crippen LogP contribution is -2.30. The third-order valence-electron chi connectivity index (χ3n) is 12.6. The maximum Gasteiger partial charge on any atom is 0.306 e. The summed E-state index contributed by atoms with van der Waals surface area (Å²) in [6, 6.07) is 0. The van der Waals surface area contributed by atoms with Gasteiger partial charge < -0.3 is 14.2 Å². The first kappa shape index (κ1) is 67.3. The molecular formula is C65H110O6. The molecule has 0 bridgehead atoms. The molecule has 0 aromatic carbocycles.